The van der Waals surface area contributed by atoms with Crippen LogP contribution in [0.25, 0.3) is 0 Å². The Morgan fingerprint density at radius 3 is 1.90 bits per heavy atom. The molecule has 0 bridgehead atoms. The zero-order valence-electron chi connectivity index (χ0n) is 19.1. The maximum absolute atomic E-state index is 13.5. The van der Waals surface area contributed by atoms with Gasteiger partial charge in [0.25, 0.3) is 0 Å². The summed E-state index contributed by atoms with van der Waals surface area (Å²) >= 11 is 0. The smallest absolute Gasteiger partial charge is 0.162 e. The first kappa shape index (κ1) is 20.9. The fraction of sp³-hybridized carbons (Fsp3) is 0.538. The average molecular weight is 408 g/mol. The summed E-state index contributed by atoms with van der Waals surface area (Å²) in [5.74, 6) is 0.756. The Morgan fingerprint density at radius 2 is 1.40 bits per heavy atom. The number of allylic oxidation sites excluding steroid dienone is 4. The van der Waals surface area contributed by atoms with Crippen molar-refractivity contribution in [1.29, 1.82) is 0 Å². The SMILES string of the molecule is CCOc1ccccc1C1C2=C(CC(C)(C)CC2=O)N(C)C2=C1C(=O)CC(C)(C)C2. The number of para-hydroxylation sites is 1. The molecular weight excluding hydrogens is 374 g/mol. The van der Waals surface area contributed by atoms with Gasteiger partial charge in [0.15, 0.2) is 11.6 Å². The molecule has 1 aromatic rings. The Balaban J connectivity index is 1.98. The molecule has 0 atom stereocenters. The van der Waals surface area contributed by atoms with E-state index in [1.54, 1.807) is 0 Å². The van der Waals surface area contributed by atoms with E-state index in [9.17, 15) is 9.59 Å². The van der Waals surface area contributed by atoms with Gasteiger partial charge in [-0.3, -0.25) is 9.59 Å². The quantitative estimate of drug-likeness (QED) is 0.673. The van der Waals surface area contributed by atoms with E-state index in [1.165, 1.54) is 0 Å². The summed E-state index contributed by atoms with van der Waals surface area (Å²) in [5.41, 5.74) is 4.54. The van der Waals surface area contributed by atoms with Gasteiger partial charge in [0.05, 0.1) is 6.61 Å². The molecule has 4 heteroatoms. The number of hydrogen-bond acceptors (Lipinski definition) is 4. The highest BCUT2D eigenvalue weighted by molar-refractivity contribution is 6.07. The third kappa shape index (κ3) is 3.40. The number of ketones is 2. The third-order valence-corrected chi connectivity index (χ3v) is 6.71. The van der Waals surface area contributed by atoms with Gasteiger partial charge in [-0.15, -0.1) is 0 Å². The number of carbonyl (C=O) groups excluding carboxylic acids is 2. The lowest BCUT2D eigenvalue weighted by Crippen LogP contribution is -2.43. The van der Waals surface area contributed by atoms with Crippen molar-refractivity contribution < 1.29 is 14.3 Å². The maximum atomic E-state index is 13.5. The summed E-state index contributed by atoms with van der Waals surface area (Å²) in [5, 5.41) is 0. The van der Waals surface area contributed by atoms with E-state index in [0.29, 0.717) is 19.4 Å². The van der Waals surface area contributed by atoms with Crippen molar-refractivity contribution >= 4 is 11.6 Å². The number of nitrogens with zero attached hydrogens (tertiary/aromatic N) is 1. The van der Waals surface area contributed by atoms with Crippen molar-refractivity contribution in [3.63, 3.8) is 0 Å². The standard InChI is InChI=1S/C26H33NO3/c1-7-30-21-11-9-8-10-16(21)22-23-17(12-25(2,3)14-19(23)28)27(6)18-13-26(4,5)15-20(29)24(18)22/h8-11,22H,7,12-15H2,1-6H3. The van der Waals surface area contributed by atoms with Crippen LogP contribution in [0, 0.1) is 10.8 Å². The highest BCUT2D eigenvalue weighted by Gasteiger charge is 2.48. The van der Waals surface area contributed by atoms with E-state index in [-0.39, 0.29) is 28.3 Å². The van der Waals surface area contributed by atoms with Gasteiger partial charge < -0.3 is 9.64 Å². The van der Waals surface area contributed by atoms with Crippen molar-refractivity contribution in [1.82, 2.24) is 4.90 Å². The van der Waals surface area contributed by atoms with Gasteiger partial charge in [-0.2, -0.15) is 0 Å². The number of ether oxygens (including phenoxy) is 1. The zero-order chi connectivity index (χ0) is 21.8. The largest absolute Gasteiger partial charge is 0.494 e. The van der Waals surface area contributed by atoms with Gasteiger partial charge in [-0.05, 0) is 36.7 Å². The molecule has 30 heavy (non-hydrogen) atoms. The van der Waals surface area contributed by atoms with Crippen LogP contribution in [0.2, 0.25) is 0 Å². The molecule has 1 aromatic carbocycles. The van der Waals surface area contributed by atoms with Crippen LogP contribution in [0.15, 0.2) is 46.8 Å². The van der Waals surface area contributed by atoms with E-state index >= 15 is 0 Å². The minimum atomic E-state index is -0.332. The topological polar surface area (TPSA) is 46.6 Å². The van der Waals surface area contributed by atoms with Gasteiger partial charge in [-0.25, -0.2) is 0 Å². The summed E-state index contributed by atoms with van der Waals surface area (Å²) in [7, 11) is 2.04. The van der Waals surface area contributed by atoms with Crippen LogP contribution < -0.4 is 4.74 Å². The highest BCUT2D eigenvalue weighted by atomic mass is 16.5. The lowest BCUT2D eigenvalue weighted by molar-refractivity contribution is -0.119. The maximum Gasteiger partial charge on any atom is 0.162 e. The monoisotopic (exact) mass is 407 g/mol. The van der Waals surface area contributed by atoms with Crippen LogP contribution >= 0.6 is 0 Å². The Morgan fingerprint density at radius 1 is 0.900 bits per heavy atom. The molecule has 0 saturated heterocycles. The summed E-state index contributed by atoms with van der Waals surface area (Å²) < 4.78 is 5.95. The lowest BCUT2D eigenvalue weighted by atomic mass is 9.63. The second-order valence-corrected chi connectivity index (χ2v) is 10.6. The molecule has 4 rings (SSSR count). The third-order valence-electron chi connectivity index (χ3n) is 6.71. The summed E-state index contributed by atoms with van der Waals surface area (Å²) in [6, 6.07) is 7.90. The highest BCUT2D eigenvalue weighted by Crippen LogP contribution is 2.54. The zero-order valence-corrected chi connectivity index (χ0v) is 19.1. The van der Waals surface area contributed by atoms with Crippen LogP contribution in [0.1, 0.15) is 71.8 Å². The first-order chi connectivity index (χ1) is 14.0. The van der Waals surface area contributed by atoms with Gasteiger partial charge in [0.1, 0.15) is 5.75 Å². The second kappa shape index (κ2) is 7.11. The molecule has 2 aliphatic carbocycles. The minimum absolute atomic E-state index is 0.0829. The van der Waals surface area contributed by atoms with Gasteiger partial charge >= 0.3 is 0 Å². The van der Waals surface area contributed by atoms with E-state index in [2.05, 4.69) is 32.6 Å². The molecule has 0 saturated carbocycles. The van der Waals surface area contributed by atoms with E-state index in [0.717, 1.165) is 46.7 Å². The van der Waals surface area contributed by atoms with Crippen LogP contribution in [0.4, 0.5) is 0 Å². The molecule has 0 radical (unpaired) electrons. The molecule has 0 N–H and O–H groups in total. The molecule has 0 unspecified atom stereocenters. The fourth-order valence-electron chi connectivity index (χ4n) is 5.48. The van der Waals surface area contributed by atoms with Crippen molar-refractivity contribution in [3.8, 4) is 5.75 Å². The van der Waals surface area contributed by atoms with E-state index in [1.807, 2.05) is 38.2 Å². The van der Waals surface area contributed by atoms with Crippen LogP contribution in [-0.2, 0) is 9.59 Å². The van der Waals surface area contributed by atoms with Crippen LogP contribution in [0.3, 0.4) is 0 Å². The van der Waals surface area contributed by atoms with Crippen LogP contribution in [0.5, 0.6) is 5.75 Å². The van der Waals surface area contributed by atoms with Gasteiger partial charge in [0.2, 0.25) is 0 Å². The molecular formula is C26H33NO3. The molecule has 0 fully saturated rings. The number of carbonyl (C=O) groups is 2. The molecule has 0 spiro atoms. The summed E-state index contributed by atoms with van der Waals surface area (Å²) in [4.78, 5) is 29.2. The number of rotatable bonds is 3. The predicted molar refractivity (Wildman–Crippen MR) is 118 cm³/mol. The summed E-state index contributed by atoms with van der Waals surface area (Å²) in [6.45, 7) is 11.1. The Hall–Kier alpha value is -2.36. The Labute approximate surface area is 180 Å². The van der Waals surface area contributed by atoms with Crippen molar-refractivity contribution in [3.05, 3.63) is 52.4 Å². The molecule has 3 aliphatic rings. The second-order valence-electron chi connectivity index (χ2n) is 10.6. The molecule has 1 aliphatic heterocycles. The molecule has 0 amide bonds. The lowest BCUT2D eigenvalue weighted by Gasteiger charge is -2.48. The van der Waals surface area contributed by atoms with E-state index in [4.69, 9.17) is 4.74 Å². The fourth-order valence-corrected chi connectivity index (χ4v) is 5.48. The predicted octanol–water partition coefficient (Wildman–Crippen LogP) is 5.40. The molecule has 160 valence electrons. The van der Waals surface area contributed by atoms with Crippen molar-refractivity contribution in [2.24, 2.45) is 10.8 Å². The van der Waals surface area contributed by atoms with Crippen LogP contribution in [-0.4, -0.2) is 30.1 Å². The average Bonchev–Trinajstić information content (AvgIpc) is 2.63. The Bertz CT molecular complexity index is 926. The first-order valence-corrected chi connectivity index (χ1v) is 11.0. The van der Waals surface area contributed by atoms with Crippen molar-refractivity contribution in [2.75, 3.05) is 13.7 Å². The van der Waals surface area contributed by atoms with Crippen molar-refractivity contribution in [2.45, 2.75) is 66.2 Å². The van der Waals surface area contributed by atoms with Gasteiger partial charge in [-0.1, -0.05) is 45.9 Å². The van der Waals surface area contributed by atoms with E-state index < -0.39 is 0 Å². The number of benzene rings is 1. The Kier molecular flexibility index (Phi) is 4.95. The molecule has 4 nitrogen and oxygen atoms in total. The molecule has 1 heterocycles. The summed E-state index contributed by atoms with van der Waals surface area (Å²) in [6.07, 6.45) is 2.69. The minimum Gasteiger partial charge on any atom is -0.494 e. The first-order valence-electron chi connectivity index (χ1n) is 11.0. The number of Topliss-reactive ketones (excluding diaryl/α,β-unsaturated/α-hetero) is 2. The number of hydrogen-bond donors (Lipinski definition) is 0. The van der Waals surface area contributed by atoms with Gasteiger partial charge in [0, 0.05) is 53.9 Å². The molecule has 0 aromatic heterocycles. The normalized spacial score (nSPS) is 23.5.